The molecule has 11 heteroatoms. The molecule has 0 bridgehead atoms. The van der Waals surface area contributed by atoms with Crippen LogP contribution in [0.5, 0.6) is 5.75 Å². The van der Waals surface area contributed by atoms with Crippen molar-refractivity contribution in [2.75, 3.05) is 13.7 Å². The van der Waals surface area contributed by atoms with Crippen molar-refractivity contribution in [1.29, 1.82) is 0 Å². The van der Waals surface area contributed by atoms with Crippen molar-refractivity contribution >= 4 is 11.8 Å². The monoisotopic (exact) mass is 988 g/mol. The average molecular weight is 989 g/mol. The van der Waals surface area contributed by atoms with Crippen LogP contribution < -0.4 is 4.74 Å². The van der Waals surface area contributed by atoms with Gasteiger partial charge in [-0.25, -0.2) is 0 Å². The number of thioether (sulfide) groups is 1. The highest BCUT2D eigenvalue weighted by Gasteiger charge is 2.54. The lowest BCUT2D eigenvalue weighted by Gasteiger charge is -2.50. The van der Waals surface area contributed by atoms with Crippen molar-refractivity contribution in [3.8, 4) is 5.75 Å². The Balaban J connectivity index is 1.12. The molecule has 72 heavy (non-hydrogen) atoms. The summed E-state index contributed by atoms with van der Waals surface area (Å²) in [4.78, 5) is 1.03. The smallest absolute Gasteiger partial charge is 0.187 e. The molecule has 0 aliphatic carbocycles. The van der Waals surface area contributed by atoms with Crippen LogP contribution in [0.2, 0.25) is 0 Å². The highest BCUT2D eigenvalue weighted by atomic mass is 32.2. The Kier molecular flexibility index (Phi) is 19.1. The van der Waals surface area contributed by atoms with Crippen molar-refractivity contribution in [1.82, 2.24) is 0 Å². The normalized spacial score (nSPS) is 24.1. The van der Waals surface area contributed by atoms with Gasteiger partial charge in [0.25, 0.3) is 0 Å². The fourth-order valence-electron chi connectivity index (χ4n) is 8.95. The van der Waals surface area contributed by atoms with E-state index in [4.69, 9.17) is 47.4 Å². The highest BCUT2D eigenvalue weighted by molar-refractivity contribution is 7.99. The van der Waals surface area contributed by atoms with Crippen LogP contribution >= 0.6 is 11.8 Å². The first-order valence-corrected chi connectivity index (χ1v) is 25.6. The van der Waals surface area contributed by atoms with Crippen LogP contribution in [0.1, 0.15) is 40.3 Å². The zero-order valence-corrected chi connectivity index (χ0v) is 41.7. The fraction of sp³-hybridized carbons (Fsp3) is 0.311. The standard InChI is InChI=1S/C61H64O10S/c1-44-54(64-42-50-33-35-51(62-2)36-34-50)57(59(68-41-49-29-17-7-18-30-49)61(69-44)72-52-31-19-8-20-32-52)71-60-58(67-40-48-27-15-6-16-28-48)56(66-39-47-25-13-5-14-26-47)55(65-38-46-23-11-4-12-24-46)53(70-60)43-63-37-45-21-9-3-10-22-45/h3-36,44,53-61H,37-43H2,1-2H3/t44-,53+,54-,55+,56-,57+,58+,59+,60-,61-/m0/s1. The highest BCUT2D eigenvalue weighted by Crippen LogP contribution is 2.40. The fourth-order valence-corrected chi connectivity index (χ4v) is 10.1. The summed E-state index contributed by atoms with van der Waals surface area (Å²) in [7, 11) is 1.66. The molecule has 0 N–H and O–H groups in total. The van der Waals surface area contributed by atoms with Gasteiger partial charge in [-0.3, -0.25) is 0 Å². The summed E-state index contributed by atoms with van der Waals surface area (Å²) in [5.74, 6) is 0.762. The summed E-state index contributed by atoms with van der Waals surface area (Å²) in [5.41, 5.74) is 5.50. The van der Waals surface area contributed by atoms with E-state index in [1.165, 1.54) is 0 Å². The number of rotatable bonds is 24. The molecule has 10 nitrogen and oxygen atoms in total. The Bertz CT molecular complexity index is 2580. The van der Waals surface area contributed by atoms with Gasteiger partial charge in [0.05, 0.1) is 59.5 Å². The van der Waals surface area contributed by atoms with Gasteiger partial charge in [0.15, 0.2) is 6.29 Å². The van der Waals surface area contributed by atoms with Gasteiger partial charge < -0.3 is 47.4 Å². The van der Waals surface area contributed by atoms with Crippen LogP contribution in [-0.2, 0) is 82.3 Å². The largest absolute Gasteiger partial charge is 0.497 e. The number of methoxy groups -OCH3 is 1. The predicted octanol–water partition coefficient (Wildman–Crippen LogP) is 11.8. The Morgan fingerprint density at radius 2 is 0.792 bits per heavy atom. The first kappa shape index (κ1) is 51.2. The van der Waals surface area contributed by atoms with Gasteiger partial charge in [0, 0.05) is 4.90 Å². The second-order valence-electron chi connectivity index (χ2n) is 18.0. The molecule has 0 unspecified atom stereocenters. The second-order valence-corrected chi connectivity index (χ2v) is 19.1. The van der Waals surface area contributed by atoms with E-state index >= 15 is 0 Å². The van der Waals surface area contributed by atoms with E-state index in [-0.39, 0.29) is 26.4 Å². The van der Waals surface area contributed by atoms with Gasteiger partial charge in [0.2, 0.25) is 0 Å². The minimum atomic E-state index is -1.04. The molecule has 2 heterocycles. The van der Waals surface area contributed by atoms with Gasteiger partial charge in [-0.05, 0) is 64.6 Å². The lowest BCUT2D eigenvalue weighted by atomic mass is 9.96. The number of hydrogen-bond acceptors (Lipinski definition) is 11. The molecule has 0 radical (unpaired) electrons. The summed E-state index contributed by atoms with van der Waals surface area (Å²) in [6.07, 6.45) is -6.42. The Hall–Kier alpha value is -5.67. The van der Waals surface area contributed by atoms with E-state index in [0.29, 0.717) is 19.8 Å². The van der Waals surface area contributed by atoms with Gasteiger partial charge in [-0.1, -0.05) is 194 Å². The quantitative estimate of drug-likeness (QED) is 0.0579. The molecule has 0 amide bonds. The molecule has 2 aliphatic heterocycles. The zero-order chi connectivity index (χ0) is 49.2. The number of benzene rings is 7. The zero-order valence-electron chi connectivity index (χ0n) is 40.8. The summed E-state index contributed by atoms with van der Waals surface area (Å²) >= 11 is 1.59. The topological polar surface area (TPSA) is 92.3 Å². The van der Waals surface area contributed by atoms with E-state index in [0.717, 1.165) is 44.0 Å². The third-order valence-corrected chi connectivity index (χ3v) is 13.9. The minimum absolute atomic E-state index is 0.173. The van der Waals surface area contributed by atoms with E-state index in [9.17, 15) is 0 Å². The van der Waals surface area contributed by atoms with Crippen LogP contribution in [0.4, 0.5) is 0 Å². The Morgan fingerprint density at radius 1 is 0.389 bits per heavy atom. The molecule has 2 saturated heterocycles. The molecule has 10 atom stereocenters. The van der Waals surface area contributed by atoms with Gasteiger partial charge in [0.1, 0.15) is 53.9 Å². The van der Waals surface area contributed by atoms with Gasteiger partial charge in [-0.15, -0.1) is 0 Å². The molecule has 0 saturated carbocycles. The van der Waals surface area contributed by atoms with Crippen molar-refractivity contribution < 1.29 is 47.4 Å². The lowest BCUT2D eigenvalue weighted by molar-refractivity contribution is -0.358. The molecule has 9 rings (SSSR count). The molecular formula is C61H64O10S. The Morgan fingerprint density at radius 3 is 1.28 bits per heavy atom. The van der Waals surface area contributed by atoms with Crippen LogP contribution in [-0.4, -0.2) is 74.3 Å². The summed E-state index contributed by atoms with van der Waals surface area (Å²) in [6, 6.07) is 68.7. The molecule has 374 valence electrons. The van der Waals surface area contributed by atoms with Crippen molar-refractivity contribution in [3.05, 3.63) is 240 Å². The predicted molar refractivity (Wildman–Crippen MR) is 278 cm³/mol. The summed E-state index contributed by atoms with van der Waals surface area (Å²) < 4.78 is 69.2. The van der Waals surface area contributed by atoms with Crippen LogP contribution in [0, 0.1) is 0 Å². The maximum absolute atomic E-state index is 7.60. The van der Waals surface area contributed by atoms with Gasteiger partial charge in [-0.2, -0.15) is 0 Å². The van der Waals surface area contributed by atoms with E-state index in [2.05, 4.69) is 48.5 Å². The van der Waals surface area contributed by atoms with Gasteiger partial charge >= 0.3 is 0 Å². The van der Waals surface area contributed by atoms with Crippen molar-refractivity contribution in [2.45, 2.75) is 112 Å². The van der Waals surface area contributed by atoms with E-state index < -0.39 is 60.6 Å². The summed E-state index contributed by atoms with van der Waals surface area (Å²) in [6.45, 7) is 3.99. The van der Waals surface area contributed by atoms with Crippen LogP contribution in [0.25, 0.3) is 0 Å². The second kappa shape index (κ2) is 26.9. The lowest BCUT2D eigenvalue weighted by Crippen LogP contribution is -2.65. The maximum atomic E-state index is 7.60. The van der Waals surface area contributed by atoms with Crippen LogP contribution in [0.15, 0.2) is 211 Å². The maximum Gasteiger partial charge on any atom is 0.187 e. The summed E-state index contributed by atoms with van der Waals surface area (Å²) in [5, 5.41) is 0. The number of hydrogen-bond donors (Lipinski definition) is 0. The van der Waals surface area contributed by atoms with E-state index in [1.54, 1.807) is 18.9 Å². The average Bonchev–Trinajstić information content (AvgIpc) is 3.43. The Labute approximate surface area is 428 Å². The molecule has 0 aromatic heterocycles. The number of ether oxygens (including phenoxy) is 10. The first-order valence-electron chi connectivity index (χ1n) is 24.7. The molecule has 2 fully saturated rings. The molecular weight excluding hydrogens is 925 g/mol. The molecule has 7 aromatic carbocycles. The third-order valence-electron chi connectivity index (χ3n) is 12.7. The van der Waals surface area contributed by atoms with Crippen molar-refractivity contribution in [3.63, 3.8) is 0 Å². The third kappa shape index (κ3) is 14.5. The SMILES string of the molecule is COc1ccc(CO[C@@H]2[C@@H](O[C@@H]3O[C@H](COCc4ccccc4)[C@@H](OCc4ccccc4)[C@H](OCc4ccccc4)[C@H]3OCc3ccccc3)[C@@H](OCc3ccccc3)[C@H](Sc3ccccc3)O[C@H]2C)cc1. The van der Waals surface area contributed by atoms with Crippen molar-refractivity contribution in [2.24, 2.45) is 0 Å². The molecule has 7 aromatic rings. The molecule has 0 spiro atoms. The first-order chi connectivity index (χ1) is 35.6. The molecule has 2 aliphatic rings. The van der Waals surface area contributed by atoms with E-state index in [1.807, 2.05) is 165 Å². The minimum Gasteiger partial charge on any atom is -0.497 e. The van der Waals surface area contributed by atoms with Crippen LogP contribution in [0.3, 0.4) is 0 Å².